The smallest absolute Gasteiger partial charge is 0.165 e. The minimum absolute atomic E-state index is 0.291. The molecule has 0 saturated heterocycles. The average Bonchev–Trinajstić information content (AvgIpc) is 3.29. The van der Waals surface area contributed by atoms with Crippen molar-refractivity contribution in [3.8, 4) is 6.07 Å². The standard InChI is InChI=1S/C24H24N2OS2/c1-24(2,3)16-9-11-19-20(14-25)23(29-21(19)13-16)26-15-17-10-12-22(27-17)28-18-7-5-4-6-8-18/h4-8,10,12,15-16H,9,11,13H2,1-3H3/t16-/m1/s1. The van der Waals surface area contributed by atoms with Crippen LogP contribution in [0, 0.1) is 22.7 Å². The van der Waals surface area contributed by atoms with E-state index in [2.05, 4.69) is 44.0 Å². The number of rotatable bonds is 4. The SMILES string of the molecule is CC(C)(C)[C@@H]1CCc2c(sc(N=Cc3ccc(Sc4ccccc4)o3)c2C#N)C1. The second-order valence-electron chi connectivity index (χ2n) is 8.43. The molecule has 0 bridgehead atoms. The zero-order valence-electron chi connectivity index (χ0n) is 16.9. The molecule has 0 saturated carbocycles. The van der Waals surface area contributed by atoms with Gasteiger partial charge in [-0.25, -0.2) is 4.99 Å². The highest BCUT2D eigenvalue weighted by Gasteiger charge is 2.32. The predicted octanol–water partition coefficient (Wildman–Crippen LogP) is 7.27. The van der Waals surface area contributed by atoms with Crippen LogP contribution in [0.25, 0.3) is 0 Å². The van der Waals surface area contributed by atoms with Crippen LogP contribution in [0.1, 0.15) is 49.0 Å². The van der Waals surface area contributed by atoms with Gasteiger partial charge in [0.05, 0.1) is 11.8 Å². The summed E-state index contributed by atoms with van der Waals surface area (Å²) < 4.78 is 5.88. The van der Waals surface area contributed by atoms with Crippen molar-refractivity contribution in [3.63, 3.8) is 0 Å². The maximum Gasteiger partial charge on any atom is 0.165 e. The van der Waals surface area contributed by atoms with Gasteiger partial charge in [-0.05, 0) is 60.4 Å². The Morgan fingerprint density at radius 1 is 1.21 bits per heavy atom. The number of nitriles is 1. The number of nitrogens with zero attached hydrogens (tertiary/aromatic N) is 2. The molecular weight excluding hydrogens is 396 g/mol. The topological polar surface area (TPSA) is 49.3 Å². The van der Waals surface area contributed by atoms with Crippen LogP contribution >= 0.6 is 23.1 Å². The van der Waals surface area contributed by atoms with E-state index >= 15 is 0 Å². The summed E-state index contributed by atoms with van der Waals surface area (Å²) in [4.78, 5) is 7.10. The zero-order chi connectivity index (χ0) is 20.4. The predicted molar refractivity (Wildman–Crippen MR) is 121 cm³/mol. The van der Waals surface area contributed by atoms with E-state index in [0.29, 0.717) is 17.1 Å². The van der Waals surface area contributed by atoms with Gasteiger partial charge in [0.25, 0.3) is 0 Å². The van der Waals surface area contributed by atoms with Crippen molar-refractivity contribution in [2.24, 2.45) is 16.3 Å². The highest BCUT2D eigenvalue weighted by atomic mass is 32.2. The molecule has 0 unspecified atom stereocenters. The van der Waals surface area contributed by atoms with Gasteiger partial charge in [-0.3, -0.25) is 0 Å². The molecule has 0 amide bonds. The van der Waals surface area contributed by atoms with E-state index in [1.165, 1.54) is 10.4 Å². The molecule has 1 aliphatic carbocycles. The molecular formula is C24H24N2OS2. The van der Waals surface area contributed by atoms with Crippen LogP contribution in [-0.2, 0) is 12.8 Å². The van der Waals surface area contributed by atoms with Crippen molar-refractivity contribution in [1.29, 1.82) is 5.26 Å². The van der Waals surface area contributed by atoms with E-state index in [0.717, 1.165) is 39.8 Å². The first-order valence-electron chi connectivity index (χ1n) is 9.85. The number of hydrogen-bond donors (Lipinski definition) is 0. The summed E-state index contributed by atoms with van der Waals surface area (Å²) in [5.41, 5.74) is 2.25. The quantitative estimate of drug-likeness (QED) is 0.417. The summed E-state index contributed by atoms with van der Waals surface area (Å²) in [5, 5.41) is 11.3. The lowest BCUT2D eigenvalue weighted by Crippen LogP contribution is -2.26. The normalized spacial score (nSPS) is 16.7. The molecule has 1 aromatic carbocycles. The number of furan rings is 1. The van der Waals surface area contributed by atoms with Crippen LogP contribution in [0.4, 0.5) is 5.00 Å². The molecule has 0 spiro atoms. The number of aliphatic imine (C=N–C) groups is 1. The third-order valence-electron chi connectivity index (χ3n) is 5.46. The van der Waals surface area contributed by atoms with Gasteiger partial charge in [-0.2, -0.15) is 5.26 Å². The van der Waals surface area contributed by atoms with Crippen LogP contribution in [0.2, 0.25) is 0 Å². The van der Waals surface area contributed by atoms with Crippen molar-refractivity contribution in [3.05, 3.63) is 64.2 Å². The Balaban J connectivity index is 1.52. The first-order valence-corrected chi connectivity index (χ1v) is 11.5. The lowest BCUT2D eigenvalue weighted by Gasteiger charge is -2.33. The van der Waals surface area contributed by atoms with Gasteiger partial charge in [0.1, 0.15) is 16.8 Å². The van der Waals surface area contributed by atoms with E-state index < -0.39 is 0 Å². The molecule has 4 rings (SSSR count). The van der Waals surface area contributed by atoms with E-state index in [9.17, 15) is 5.26 Å². The number of fused-ring (bicyclic) bond motifs is 1. The first kappa shape index (κ1) is 20.0. The molecule has 5 heteroatoms. The molecule has 3 nitrogen and oxygen atoms in total. The van der Waals surface area contributed by atoms with E-state index in [4.69, 9.17) is 4.42 Å². The molecule has 0 fully saturated rings. The minimum atomic E-state index is 0.291. The van der Waals surface area contributed by atoms with E-state index in [1.807, 2.05) is 30.3 Å². The summed E-state index contributed by atoms with van der Waals surface area (Å²) in [7, 11) is 0. The van der Waals surface area contributed by atoms with Crippen molar-refractivity contribution < 1.29 is 4.42 Å². The van der Waals surface area contributed by atoms with Gasteiger partial charge < -0.3 is 4.42 Å². The van der Waals surface area contributed by atoms with E-state index in [1.54, 1.807) is 29.3 Å². The van der Waals surface area contributed by atoms with Gasteiger partial charge in [0.15, 0.2) is 5.09 Å². The first-order chi connectivity index (χ1) is 13.9. The molecule has 0 radical (unpaired) electrons. The second-order valence-corrected chi connectivity index (χ2v) is 10.6. The fourth-order valence-corrected chi connectivity index (χ4v) is 5.72. The Morgan fingerprint density at radius 3 is 2.72 bits per heavy atom. The summed E-state index contributed by atoms with van der Waals surface area (Å²) in [6, 6.07) is 16.4. The molecule has 1 aliphatic rings. The third kappa shape index (κ3) is 4.49. The largest absolute Gasteiger partial charge is 0.449 e. The monoisotopic (exact) mass is 420 g/mol. The third-order valence-corrected chi connectivity index (χ3v) is 7.55. The highest BCUT2D eigenvalue weighted by Crippen LogP contribution is 2.44. The zero-order valence-corrected chi connectivity index (χ0v) is 18.6. The maximum atomic E-state index is 9.71. The van der Waals surface area contributed by atoms with Crippen LogP contribution in [-0.4, -0.2) is 6.21 Å². The molecule has 1 atom stereocenters. The van der Waals surface area contributed by atoms with Crippen molar-refractivity contribution in [1.82, 2.24) is 0 Å². The highest BCUT2D eigenvalue weighted by molar-refractivity contribution is 7.99. The number of thiophene rings is 1. The lowest BCUT2D eigenvalue weighted by molar-refractivity contribution is 0.218. The molecule has 0 N–H and O–H groups in total. The Morgan fingerprint density at radius 2 is 2.00 bits per heavy atom. The van der Waals surface area contributed by atoms with Gasteiger partial charge in [0, 0.05) is 9.77 Å². The summed E-state index contributed by atoms with van der Waals surface area (Å²) in [6.45, 7) is 6.92. The fraction of sp³-hybridized carbons (Fsp3) is 0.333. The molecule has 2 heterocycles. The van der Waals surface area contributed by atoms with Gasteiger partial charge in [-0.1, -0.05) is 50.7 Å². The van der Waals surface area contributed by atoms with E-state index in [-0.39, 0.29) is 0 Å². The van der Waals surface area contributed by atoms with Crippen LogP contribution in [0.15, 0.2) is 61.9 Å². The summed E-state index contributed by atoms with van der Waals surface area (Å²) in [5.74, 6) is 1.35. The molecule has 2 aromatic heterocycles. The fourth-order valence-electron chi connectivity index (χ4n) is 3.70. The van der Waals surface area contributed by atoms with Crippen LogP contribution in [0.5, 0.6) is 0 Å². The molecule has 148 valence electrons. The minimum Gasteiger partial charge on any atom is -0.449 e. The number of hydrogen-bond acceptors (Lipinski definition) is 5. The van der Waals surface area contributed by atoms with Crippen LogP contribution < -0.4 is 0 Å². The molecule has 3 aromatic rings. The second kappa shape index (κ2) is 8.22. The Labute approximate surface area is 180 Å². The Bertz CT molecular complexity index is 1060. The Hall–Kier alpha value is -2.29. The van der Waals surface area contributed by atoms with Gasteiger partial charge in [-0.15, -0.1) is 11.3 Å². The summed E-state index contributed by atoms with van der Waals surface area (Å²) >= 11 is 3.25. The number of benzene rings is 1. The average molecular weight is 421 g/mol. The lowest BCUT2D eigenvalue weighted by atomic mass is 9.72. The van der Waals surface area contributed by atoms with Gasteiger partial charge >= 0.3 is 0 Å². The summed E-state index contributed by atoms with van der Waals surface area (Å²) in [6.07, 6.45) is 4.90. The maximum absolute atomic E-state index is 9.71. The van der Waals surface area contributed by atoms with Crippen LogP contribution in [0.3, 0.4) is 0 Å². The molecule has 0 aliphatic heterocycles. The van der Waals surface area contributed by atoms with Crippen molar-refractivity contribution >= 4 is 34.3 Å². The molecule has 29 heavy (non-hydrogen) atoms. The Kier molecular flexibility index (Phi) is 5.67. The van der Waals surface area contributed by atoms with Crippen molar-refractivity contribution in [2.75, 3.05) is 0 Å². The van der Waals surface area contributed by atoms with Crippen molar-refractivity contribution in [2.45, 2.75) is 50.0 Å². The van der Waals surface area contributed by atoms with Gasteiger partial charge in [0.2, 0.25) is 0 Å².